The summed E-state index contributed by atoms with van der Waals surface area (Å²) in [6.45, 7) is 22.9. The topological polar surface area (TPSA) is 24.0 Å². The first-order valence-electron chi connectivity index (χ1n) is 25.8. The molecule has 1 aliphatic rings. The SMILES string of the molecule is CC(C)c1ccc(N(c2ccc(C(C)C)cc2)c2ccc3c(c2)C(C)(C)c2c-3c3cc(-c4ccccc4)cc4c5oc6cc(N(c7ccc(C(C)C)cc7)c7ccc(C(C)C)cc7)ccc6c5n2c34)cc1. The van der Waals surface area contributed by atoms with Crippen molar-refractivity contribution in [3.8, 4) is 22.3 Å². The van der Waals surface area contributed by atoms with Crippen LogP contribution in [0.5, 0.6) is 0 Å². The molecule has 0 radical (unpaired) electrons. The van der Waals surface area contributed by atoms with Gasteiger partial charge in [0.15, 0.2) is 5.58 Å². The Kier molecular flexibility index (Phi) is 10.6. The van der Waals surface area contributed by atoms with Crippen molar-refractivity contribution in [1.82, 2.24) is 4.40 Å². The molecule has 1 aliphatic carbocycles. The van der Waals surface area contributed by atoms with Crippen molar-refractivity contribution in [3.63, 3.8) is 0 Å². The summed E-state index contributed by atoms with van der Waals surface area (Å²) in [6, 6.07) is 66.1. The highest BCUT2D eigenvalue weighted by Crippen LogP contribution is 2.57. The summed E-state index contributed by atoms with van der Waals surface area (Å²) in [5, 5.41) is 3.52. The Balaban J connectivity index is 1.06. The lowest BCUT2D eigenvalue weighted by Crippen LogP contribution is -2.19. The van der Waals surface area contributed by atoms with Crippen LogP contribution in [0.3, 0.4) is 0 Å². The standard InChI is InChI=1S/C67H63N3O/c1-40(2)44-16-24-50(25-17-44)68(51-26-18-45(19-27-51)41(3)4)54-32-34-56-60(38-54)67(9,10)66-62(56)58-36-49(48-14-12-11-13-15-48)37-59-63(58)70(66)64-57-35-33-55(39-61(57)71-65(59)64)69(52-28-20-46(21-29-52)42(5)6)53-30-22-47(23-31-53)43(7)8/h11-43H,1-10H3. The average Bonchev–Trinajstić information content (AvgIpc) is 4.08. The van der Waals surface area contributed by atoms with E-state index in [0.29, 0.717) is 23.7 Å². The minimum Gasteiger partial charge on any atom is -0.454 e. The van der Waals surface area contributed by atoms with Gasteiger partial charge in [-0.1, -0.05) is 154 Å². The van der Waals surface area contributed by atoms with E-state index in [2.05, 4.69) is 259 Å². The van der Waals surface area contributed by atoms with Crippen LogP contribution in [0, 0.1) is 0 Å². The summed E-state index contributed by atoms with van der Waals surface area (Å²) in [6.07, 6.45) is 0. The largest absolute Gasteiger partial charge is 0.454 e. The van der Waals surface area contributed by atoms with Crippen molar-refractivity contribution in [1.29, 1.82) is 0 Å². The van der Waals surface area contributed by atoms with E-state index >= 15 is 0 Å². The second-order valence-corrected chi connectivity index (χ2v) is 21.8. The monoisotopic (exact) mass is 925 g/mol. The molecule has 3 aromatic heterocycles. The van der Waals surface area contributed by atoms with E-state index in [4.69, 9.17) is 4.42 Å². The van der Waals surface area contributed by atoms with Gasteiger partial charge >= 0.3 is 0 Å². The second-order valence-electron chi connectivity index (χ2n) is 21.8. The molecule has 0 bridgehead atoms. The molecule has 0 N–H and O–H groups in total. The highest BCUT2D eigenvalue weighted by Gasteiger charge is 2.42. The number of rotatable bonds is 11. The van der Waals surface area contributed by atoms with Crippen LogP contribution in [0.1, 0.15) is 126 Å². The van der Waals surface area contributed by atoms with E-state index in [-0.39, 0.29) is 5.41 Å². The zero-order valence-corrected chi connectivity index (χ0v) is 42.8. The fourth-order valence-corrected chi connectivity index (χ4v) is 11.6. The van der Waals surface area contributed by atoms with Gasteiger partial charge in [0.05, 0.1) is 5.52 Å². The molecule has 0 spiro atoms. The molecule has 0 saturated carbocycles. The first-order chi connectivity index (χ1) is 34.3. The molecule has 71 heavy (non-hydrogen) atoms. The van der Waals surface area contributed by atoms with Crippen LogP contribution >= 0.6 is 0 Å². The van der Waals surface area contributed by atoms with E-state index in [9.17, 15) is 0 Å². The predicted octanol–water partition coefficient (Wildman–Crippen LogP) is 19.8. The molecule has 352 valence electrons. The van der Waals surface area contributed by atoms with Crippen LogP contribution in [-0.2, 0) is 5.41 Å². The van der Waals surface area contributed by atoms with Gasteiger partial charge < -0.3 is 18.6 Å². The lowest BCUT2D eigenvalue weighted by Gasteiger charge is -2.29. The van der Waals surface area contributed by atoms with Crippen molar-refractivity contribution in [3.05, 3.63) is 209 Å². The predicted molar refractivity (Wildman–Crippen MR) is 302 cm³/mol. The molecule has 0 unspecified atom stereocenters. The second kappa shape index (κ2) is 16.8. The maximum atomic E-state index is 7.24. The Bertz CT molecular complexity index is 3650. The summed E-state index contributed by atoms with van der Waals surface area (Å²) in [5.74, 6) is 1.81. The number of hydrogen-bond donors (Lipinski definition) is 0. The summed E-state index contributed by atoms with van der Waals surface area (Å²) >= 11 is 0. The maximum Gasteiger partial charge on any atom is 0.161 e. The molecule has 11 aromatic rings. The highest BCUT2D eigenvalue weighted by atomic mass is 16.3. The van der Waals surface area contributed by atoms with E-state index in [1.807, 2.05) is 0 Å². The van der Waals surface area contributed by atoms with Gasteiger partial charge in [-0.15, -0.1) is 0 Å². The maximum absolute atomic E-state index is 7.24. The molecule has 0 aliphatic heterocycles. The van der Waals surface area contributed by atoms with Gasteiger partial charge in [-0.2, -0.15) is 0 Å². The van der Waals surface area contributed by atoms with Gasteiger partial charge in [0.25, 0.3) is 0 Å². The van der Waals surface area contributed by atoms with Crippen LogP contribution in [0.25, 0.3) is 60.6 Å². The average molecular weight is 926 g/mol. The van der Waals surface area contributed by atoms with E-state index < -0.39 is 0 Å². The summed E-state index contributed by atoms with van der Waals surface area (Å²) in [7, 11) is 0. The lowest BCUT2D eigenvalue weighted by molar-refractivity contribution is 0.633. The minimum atomic E-state index is -0.356. The Morgan fingerprint density at radius 3 is 1.32 bits per heavy atom. The molecule has 8 aromatic carbocycles. The summed E-state index contributed by atoms with van der Waals surface area (Å²) in [5.41, 5.74) is 23.5. The molecule has 0 amide bonds. The Morgan fingerprint density at radius 1 is 0.408 bits per heavy atom. The van der Waals surface area contributed by atoms with Crippen LogP contribution in [0.15, 0.2) is 180 Å². The zero-order valence-electron chi connectivity index (χ0n) is 42.8. The van der Waals surface area contributed by atoms with Crippen molar-refractivity contribution in [2.75, 3.05) is 9.80 Å². The summed E-state index contributed by atoms with van der Waals surface area (Å²) in [4.78, 5) is 4.80. The molecule has 0 saturated heterocycles. The third-order valence-electron chi connectivity index (χ3n) is 15.6. The number of furan rings is 1. The van der Waals surface area contributed by atoms with Gasteiger partial charge in [0.1, 0.15) is 11.1 Å². The van der Waals surface area contributed by atoms with Gasteiger partial charge in [-0.05, 0) is 153 Å². The molecular weight excluding hydrogens is 863 g/mol. The zero-order chi connectivity index (χ0) is 49.0. The highest BCUT2D eigenvalue weighted by molar-refractivity contribution is 6.24. The number of nitrogens with zero attached hydrogens (tertiary/aromatic N) is 3. The van der Waals surface area contributed by atoms with Gasteiger partial charge in [-0.25, -0.2) is 0 Å². The summed E-state index contributed by atoms with van der Waals surface area (Å²) < 4.78 is 9.82. The fourth-order valence-electron chi connectivity index (χ4n) is 11.6. The molecule has 4 nitrogen and oxygen atoms in total. The number of fused-ring (bicyclic) bond motifs is 10. The lowest BCUT2D eigenvalue weighted by atomic mass is 9.85. The smallest absolute Gasteiger partial charge is 0.161 e. The molecule has 0 atom stereocenters. The molecule has 0 fully saturated rings. The van der Waals surface area contributed by atoms with Crippen molar-refractivity contribution >= 4 is 72.5 Å². The first-order valence-corrected chi connectivity index (χ1v) is 25.8. The Morgan fingerprint density at radius 2 is 0.845 bits per heavy atom. The van der Waals surface area contributed by atoms with E-state index in [1.165, 1.54) is 66.7 Å². The van der Waals surface area contributed by atoms with Crippen LogP contribution in [0.2, 0.25) is 0 Å². The quantitative estimate of drug-likeness (QED) is 0.129. The van der Waals surface area contributed by atoms with Crippen molar-refractivity contribution in [2.24, 2.45) is 0 Å². The normalized spacial score (nSPS) is 13.3. The molecular formula is C67H63N3O. The Hall–Kier alpha value is -7.56. The number of hydrogen-bond acceptors (Lipinski definition) is 3. The van der Waals surface area contributed by atoms with Crippen LogP contribution in [-0.4, -0.2) is 4.40 Å². The van der Waals surface area contributed by atoms with Crippen molar-refractivity contribution < 1.29 is 4.42 Å². The third kappa shape index (κ3) is 7.16. The van der Waals surface area contributed by atoms with Crippen molar-refractivity contribution in [2.45, 2.75) is 98.3 Å². The van der Waals surface area contributed by atoms with E-state index in [0.717, 1.165) is 61.6 Å². The van der Waals surface area contributed by atoms with Gasteiger partial charge in [-0.3, -0.25) is 0 Å². The molecule has 3 heterocycles. The van der Waals surface area contributed by atoms with Gasteiger partial charge in [0, 0.05) is 73.0 Å². The molecule has 4 heteroatoms. The number of benzene rings is 8. The fraction of sp³-hybridized carbons (Fsp3) is 0.224. The van der Waals surface area contributed by atoms with Gasteiger partial charge in [0.2, 0.25) is 0 Å². The van der Waals surface area contributed by atoms with E-state index in [1.54, 1.807) is 0 Å². The first kappa shape index (κ1) is 44.6. The van der Waals surface area contributed by atoms with Crippen LogP contribution < -0.4 is 9.80 Å². The minimum absolute atomic E-state index is 0.356. The number of aromatic nitrogens is 1. The van der Waals surface area contributed by atoms with Crippen LogP contribution in [0.4, 0.5) is 34.1 Å². The Labute approximate surface area is 419 Å². The number of anilines is 6. The molecule has 12 rings (SSSR count). The third-order valence-corrected chi connectivity index (χ3v) is 15.6.